The number of ether oxygens (including phenoxy) is 1. The summed E-state index contributed by atoms with van der Waals surface area (Å²) in [7, 11) is 0. The van der Waals surface area contributed by atoms with E-state index in [1.807, 2.05) is 0 Å². The van der Waals surface area contributed by atoms with Crippen LogP contribution in [0.2, 0.25) is 0 Å². The van der Waals surface area contributed by atoms with Gasteiger partial charge < -0.3 is 16.2 Å². The molecule has 0 amide bonds. The molecule has 0 saturated carbocycles. The van der Waals surface area contributed by atoms with Crippen LogP contribution in [0.15, 0.2) is 51.1 Å². The quantitative estimate of drug-likeness (QED) is 0.272. The minimum absolute atomic E-state index is 0.0281. The average Bonchev–Trinajstić information content (AvgIpc) is 2.49. The van der Waals surface area contributed by atoms with Gasteiger partial charge in [-0.25, -0.2) is 13.6 Å². The van der Waals surface area contributed by atoms with Crippen molar-refractivity contribution < 1.29 is 18.3 Å². The summed E-state index contributed by atoms with van der Waals surface area (Å²) in [6.45, 7) is 0. The van der Waals surface area contributed by atoms with Crippen LogP contribution in [0.5, 0.6) is 5.75 Å². The Morgan fingerprint density at radius 1 is 1.17 bits per heavy atom. The lowest BCUT2D eigenvalue weighted by molar-refractivity contribution is 0.0724. The first kappa shape index (κ1) is 17.5. The van der Waals surface area contributed by atoms with Crippen molar-refractivity contribution in [2.45, 2.75) is 0 Å². The van der Waals surface area contributed by atoms with E-state index in [4.69, 9.17) is 16.2 Å². The number of hydrogen-bond acceptors (Lipinski definition) is 4. The second kappa shape index (κ2) is 7.64. The summed E-state index contributed by atoms with van der Waals surface area (Å²) in [5.74, 6) is -3.45. The van der Waals surface area contributed by atoms with Crippen LogP contribution in [0.25, 0.3) is 0 Å². The smallest absolute Gasteiger partial charge is 0.349 e. The molecular formula is C15H11BrF2N4O2. The van der Waals surface area contributed by atoms with Gasteiger partial charge in [0, 0.05) is 10.0 Å². The number of benzene rings is 2. The topological polar surface area (TPSA) is 103 Å². The van der Waals surface area contributed by atoms with Crippen LogP contribution < -0.4 is 16.2 Å². The molecule has 0 unspecified atom stereocenters. The second-order valence-electron chi connectivity index (χ2n) is 4.44. The molecule has 0 radical (unpaired) electrons. The number of esters is 1. The Labute approximate surface area is 143 Å². The molecular weight excluding hydrogens is 386 g/mol. The van der Waals surface area contributed by atoms with E-state index >= 15 is 0 Å². The fraction of sp³-hybridized carbons (Fsp3) is 0. The molecule has 124 valence electrons. The molecule has 0 bridgehead atoms. The van der Waals surface area contributed by atoms with E-state index in [9.17, 15) is 13.6 Å². The lowest BCUT2D eigenvalue weighted by Gasteiger charge is -2.09. The van der Waals surface area contributed by atoms with Crippen molar-refractivity contribution in [2.75, 3.05) is 0 Å². The Morgan fingerprint density at radius 3 is 2.46 bits per heavy atom. The molecule has 24 heavy (non-hydrogen) atoms. The van der Waals surface area contributed by atoms with Gasteiger partial charge in [0.15, 0.2) is 0 Å². The van der Waals surface area contributed by atoms with Crippen molar-refractivity contribution >= 4 is 34.1 Å². The Kier molecular flexibility index (Phi) is 5.59. The fourth-order valence-electron chi connectivity index (χ4n) is 1.71. The maximum absolute atomic E-state index is 13.6. The van der Waals surface area contributed by atoms with E-state index in [2.05, 4.69) is 26.1 Å². The summed E-state index contributed by atoms with van der Waals surface area (Å²) >= 11 is 3.24. The molecule has 2 rings (SSSR count). The maximum Gasteiger partial charge on any atom is 0.349 e. The molecule has 0 atom stereocenters. The van der Waals surface area contributed by atoms with Crippen molar-refractivity contribution in [3.63, 3.8) is 0 Å². The maximum atomic E-state index is 13.6. The molecule has 9 heteroatoms. The molecule has 0 aliphatic carbocycles. The fourth-order valence-corrected chi connectivity index (χ4v) is 2.09. The Morgan fingerprint density at radius 2 is 1.83 bits per heavy atom. The third kappa shape index (κ3) is 4.35. The first-order valence-electron chi connectivity index (χ1n) is 6.46. The predicted molar refractivity (Wildman–Crippen MR) is 88.9 cm³/mol. The van der Waals surface area contributed by atoms with Crippen LogP contribution in [0.1, 0.15) is 15.9 Å². The first-order valence-corrected chi connectivity index (χ1v) is 7.25. The minimum Gasteiger partial charge on any atom is -0.422 e. The molecule has 6 nitrogen and oxygen atoms in total. The highest BCUT2D eigenvalue weighted by Gasteiger charge is 2.20. The zero-order valence-electron chi connectivity index (χ0n) is 12.0. The van der Waals surface area contributed by atoms with E-state index in [1.54, 1.807) is 12.1 Å². The summed E-state index contributed by atoms with van der Waals surface area (Å²) in [4.78, 5) is 12.0. The van der Waals surface area contributed by atoms with Gasteiger partial charge in [0.25, 0.3) is 0 Å². The Bertz CT molecular complexity index is 816. The molecule has 2 aromatic carbocycles. The number of halogens is 3. The van der Waals surface area contributed by atoms with E-state index in [-0.39, 0.29) is 11.7 Å². The van der Waals surface area contributed by atoms with Gasteiger partial charge in [-0.3, -0.25) is 0 Å². The van der Waals surface area contributed by atoms with E-state index in [0.717, 1.165) is 18.2 Å². The summed E-state index contributed by atoms with van der Waals surface area (Å²) in [5.41, 5.74) is 9.84. The molecule has 0 aliphatic rings. The van der Waals surface area contributed by atoms with Gasteiger partial charge in [-0.2, -0.15) is 5.10 Å². The number of nitrogens with two attached hydrogens (primary N) is 2. The number of hydrogen-bond donors (Lipinski definition) is 2. The minimum atomic E-state index is -1.18. The molecule has 0 spiro atoms. The highest BCUT2D eigenvalue weighted by molar-refractivity contribution is 9.10. The SMILES string of the molecule is NC(N)=NN=Cc1cc(Br)ccc1OC(=O)c1c(F)cccc1F. The van der Waals surface area contributed by atoms with Gasteiger partial charge in [0.1, 0.15) is 22.9 Å². The molecule has 0 aliphatic heterocycles. The van der Waals surface area contributed by atoms with Gasteiger partial charge >= 0.3 is 5.97 Å². The largest absolute Gasteiger partial charge is 0.422 e. The van der Waals surface area contributed by atoms with Crippen LogP contribution in [0.3, 0.4) is 0 Å². The lowest BCUT2D eigenvalue weighted by atomic mass is 10.2. The molecule has 4 N–H and O–H groups in total. The standard InChI is InChI=1S/C15H11BrF2N4O2/c16-9-4-5-12(8(6-9)7-21-22-15(19)20)24-14(23)13-10(17)2-1-3-11(13)18/h1-7H,(H4,19,20,22). The molecule has 0 heterocycles. The number of nitrogens with zero attached hydrogens (tertiary/aromatic N) is 2. The molecule has 0 aromatic heterocycles. The predicted octanol–water partition coefficient (Wildman–Crippen LogP) is 2.55. The zero-order chi connectivity index (χ0) is 17.7. The van der Waals surface area contributed by atoms with Crippen molar-refractivity contribution in [3.05, 3.63) is 63.6 Å². The van der Waals surface area contributed by atoms with Gasteiger partial charge in [0.2, 0.25) is 5.96 Å². The monoisotopic (exact) mass is 396 g/mol. The number of guanidine groups is 1. The number of carbonyl (C=O) groups is 1. The van der Waals surface area contributed by atoms with Crippen molar-refractivity contribution in [1.29, 1.82) is 0 Å². The highest BCUT2D eigenvalue weighted by atomic mass is 79.9. The summed E-state index contributed by atoms with van der Waals surface area (Å²) < 4.78 is 33.0. The van der Waals surface area contributed by atoms with Crippen molar-refractivity contribution in [1.82, 2.24) is 0 Å². The third-order valence-corrected chi connectivity index (χ3v) is 3.20. The zero-order valence-corrected chi connectivity index (χ0v) is 13.6. The van der Waals surface area contributed by atoms with Crippen LogP contribution in [0, 0.1) is 11.6 Å². The molecule has 2 aromatic rings. The van der Waals surface area contributed by atoms with Gasteiger partial charge in [-0.15, -0.1) is 5.10 Å². The summed E-state index contributed by atoms with van der Waals surface area (Å²) in [6.07, 6.45) is 1.23. The Balaban J connectivity index is 2.34. The van der Waals surface area contributed by atoms with Gasteiger partial charge in [-0.05, 0) is 30.3 Å². The summed E-state index contributed by atoms with van der Waals surface area (Å²) in [5, 5.41) is 7.03. The van der Waals surface area contributed by atoms with Crippen LogP contribution >= 0.6 is 15.9 Å². The third-order valence-electron chi connectivity index (χ3n) is 2.71. The normalized spacial score (nSPS) is 10.6. The highest BCUT2D eigenvalue weighted by Crippen LogP contribution is 2.24. The van der Waals surface area contributed by atoms with E-state index in [1.165, 1.54) is 12.3 Å². The molecule has 0 fully saturated rings. The lowest BCUT2D eigenvalue weighted by Crippen LogP contribution is -2.21. The van der Waals surface area contributed by atoms with Crippen LogP contribution in [-0.2, 0) is 0 Å². The Hall–Kier alpha value is -2.81. The number of carbonyl (C=O) groups excluding carboxylic acids is 1. The molecule has 0 saturated heterocycles. The first-order chi connectivity index (χ1) is 11.4. The van der Waals surface area contributed by atoms with Crippen molar-refractivity contribution in [3.8, 4) is 5.75 Å². The van der Waals surface area contributed by atoms with Gasteiger partial charge in [0.05, 0.1) is 6.21 Å². The average molecular weight is 397 g/mol. The second-order valence-corrected chi connectivity index (χ2v) is 5.35. The van der Waals surface area contributed by atoms with Crippen LogP contribution in [0.4, 0.5) is 8.78 Å². The number of rotatable bonds is 4. The van der Waals surface area contributed by atoms with Crippen LogP contribution in [-0.4, -0.2) is 18.1 Å². The van der Waals surface area contributed by atoms with Gasteiger partial charge in [-0.1, -0.05) is 22.0 Å². The van der Waals surface area contributed by atoms with E-state index < -0.39 is 23.2 Å². The summed E-state index contributed by atoms with van der Waals surface area (Å²) in [6, 6.07) is 7.64. The van der Waals surface area contributed by atoms with E-state index in [0.29, 0.717) is 10.0 Å². The van der Waals surface area contributed by atoms with Crippen molar-refractivity contribution in [2.24, 2.45) is 21.7 Å².